The summed E-state index contributed by atoms with van der Waals surface area (Å²) in [6.07, 6.45) is 1.49. The van der Waals surface area contributed by atoms with Gasteiger partial charge < -0.3 is 10.2 Å². The van der Waals surface area contributed by atoms with Crippen molar-refractivity contribution in [2.75, 3.05) is 20.6 Å². The Hall–Kier alpha value is -1.87. The van der Waals surface area contributed by atoms with Gasteiger partial charge in [0.1, 0.15) is 0 Å². The maximum atomic E-state index is 12.0. The lowest BCUT2D eigenvalue weighted by Gasteiger charge is -2.17. The minimum absolute atomic E-state index is 0.202. The second-order valence-corrected chi connectivity index (χ2v) is 5.14. The Bertz CT molecular complexity index is 580. The third kappa shape index (κ3) is 3.81. The largest absolute Gasteiger partial charge is 0.341 e. The predicted molar refractivity (Wildman–Crippen MR) is 83.6 cm³/mol. The topological polar surface area (TPSA) is 32.3 Å². The van der Waals surface area contributed by atoms with E-state index < -0.39 is 0 Å². The average molecular weight is 270 g/mol. The van der Waals surface area contributed by atoms with Gasteiger partial charge in [0.25, 0.3) is 0 Å². The molecule has 20 heavy (non-hydrogen) atoms. The summed E-state index contributed by atoms with van der Waals surface area (Å²) in [5, 5.41) is 5.52. The van der Waals surface area contributed by atoms with Crippen LogP contribution in [0.3, 0.4) is 0 Å². The summed E-state index contributed by atoms with van der Waals surface area (Å²) in [4.78, 5) is 13.8. The van der Waals surface area contributed by atoms with Gasteiger partial charge in [-0.25, -0.2) is 0 Å². The maximum absolute atomic E-state index is 12.0. The van der Waals surface area contributed by atoms with Crippen molar-refractivity contribution in [2.45, 2.75) is 19.4 Å². The first-order chi connectivity index (χ1) is 9.70. The zero-order valence-corrected chi connectivity index (χ0v) is 12.2. The van der Waals surface area contributed by atoms with E-state index in [0.29, 0.717) is 13.0 Å². The standard InChI is InChI=1S/C17H22N2O/c1-18-11-5-8-17(20)19(2)13-14-9-10-15-6-3-4-7-16(15)12-14/h3-4,6-7,9-10,12,18H,5,8,11,13H2,1-2H3. The Balaban J connectivity index is 1.98. The van der Waals surface area contributed by atoms with Crippen LogP contribution in [0.2, 0.25) is 0 Å². The summed E-state index contributed by atoms with van der Waals surface area (Å²) in [5.41, 5.74) is 1.17. The number of fused-ring (bicyclic) bond motifs is 1. The summed E-state index contributed by atoms with van der Waals surface area (Å²) in [7, 11) is 3.78. The molecule has 106 valence electrons. The van der Waals surface area contributed by atoms with Crippen molar-refractivity contribution < 1.29 is 4.79 Å². The molecule has 0 fully saturated rings. The molecule has 2 aromatic carbocycles. The van der Waals surface area contributed by atoms with Crippen LogP contribution in [0.4, 0.5) is 0 Å². The quantitative estimate of drug-likeness (QED) is 0.819. The second-order valence-electron chi connectivity index (χ2n) is 5.14. The molecule has 1 amide bonds. The fourth-order valence-corrected chi connectivity index (χ4v) is 2.31. The normalized spacial score (nSPS) is 10.7. The van der Waals surface area contributed by atoms with Gasteiger partial charge in [-0.3, -0.25) is 4.79 Å². The Labute approximate surface area is 120 Å². The number of benzene rings is 2. The number of amides is 1. The number of carbonyl (C=O) groups is 1. The van der Waals surface area contributed by atoms with Crippen LogP contribution in [0.25, 0.3) is 10.8 Å². The van der Waals surface area contributed by atoms with E-state index in [0.717, 1.165) is 13.0 Å². The highest BCUT2D eigenvalue weighted by Gasteiger charge is 2.08. The van der Waals surface area contributed by atoms with E-state index in [-0.39, 0.29) is 5.91 Å². The van der Waals surface area contributed by atoms with Crippen LogP contribution in [0.5, 0.6) is 0 Å². The molecular weight excluding hydrogens is 248 g/mol. The van der Waals surface area contributed by atoms with Crippen molar-refractivity contribution in [3.63, 3.8) is 0 Å². The Kier molecular flexibility index (Phi) is 5.13. The zero-order valence-electron chi connectivity index (χ0n) is 12.2. The van der Waals surface area contributed by atoms with E-state index in [1.165, 1.54) is 16.3 Å². The van der Waals surface area contributed by atoms with Gasteiger partial charge in [-0.05, 0) is 42.4 Å². The number of nitrogens with one attached hydrogen (secondary N) is 1. The van der Waals surface area contributed by atoms with E-state index in [1.807, 2.05) is 26.2 Å². The summed E-state index contributed by atoms with van der Waals surface area (Å²) in [6.45, 7) is 1.55. The van der Waals surface area contributed by atoms with Crippen LogP contribution < -0.4 is 5.32 Å². The number of carbonyl (C=O) groups excluding carboxylic acids is 1. The second kappa shape index (κ2) is 7.06. The van der Waals surface area contributed by atoms with E-state index >= 15 is 0 Å². The molecule has 0 spiro atoms. The lowest BCUT2D eigenvalue weighted by molar-refractivity contribution is -0.130. The highest BCUT2D eigenvalue weighted by Crippen LogP contribution is 2.16. The molecule has 1 N–H and O–H groups in total. The molecular formula is C17H22N2O. The summed E-state index contributed by atoms with van der Waals surface area (Å²) in [5.74, 6) is 0.202. The van der Waals surface area contributed by atoms with Crippen LogP contribution in [0, 0.1) is 0 Å². The van der Waals surface area contributed by atoms with E-state index in [9.17, 15) is 4.79 Å². The molecule has 0 atom stereocenters. The number of hydrogen-bond acceptors (Lipinski definition) is 2. The molecule has 0 saturated heterocycles. The van der Waals surface area contributed by atoms with Crippen LogP contribution in [0.15, 0.2) is 42.5 Å². The fourth-order valence-electron chi connectivity index (χ4n) is 2.31. The third-order valence-electron chi connectivity index (χ3n) is 3.48. The van der Waals surface area contributed by atoms with Gasteiger partial charge in [0.05, 0.1) is 0 Å². The number of rotatable bonds is 6. The minimum atomic E-state index is 0.202. The number of hydrogen-bond donors (Lipinski definition) is 1. The van der Waals surface area contributed by atoms with Gasteiger partial charge in [-0.2, -0.15) is 0 Å². The lowest BCUT2D eigenvalue weighted by atomic mass is 10.1. The molecule has 0 heterocycles. The zero-order chi connectivity index (χ0) is 14.4. The van der Waals surface area contributed by atoms with Gasteiger partial charge in [0, 0.05) is 20.0 Å². The van der Waals surface area contributed by atoms with Crippen molar-refractivity contribution in [2.24, 2.45) is 0 Å². The molecule has 0 unspecified atom stereocenters. The molecule has 0 radical (unpaired) electrons. The van der Waals surface area contributed by atoms with E-state index in [1.54, 1.807) is 4.90 Å². The first-order valence-electron chi connectivity index (χ1n) is 7.07. The summed E-state index contributed by atoms with van der Waals surface area (Å²) >= 11 is 0. The van der Waals surface area contributed by atoms with Crippen molar-refractivity contribution in [3.05, 3.63) is 48.0 Å². The maximum Gasteiger partial charge on any atom is 0.222 e. The molecule has 3 nitrogen and oxygen atoms in total. The Morgan fingerprint density at radius 3 is 2.65 bits per heavy atom. The Morgan fingerprint density at radius 1 is 1.15 bits per heavy atom. The smallest absolute Gasteiger partial charge is 0.222 e. The summed E-state index contributed by atoms with van der Waals surface area (Å²) in [6, 6.07) is 14.7. The molecule has 2 rings (SSSR count). The van der Waals surface area contributed by atoms with Crippen LogP contribution in [-0.4, -0.2) is 31.4 Å². The molecule has 0 aromatic heterocycles. The first-order valence-corrected chi connectivity index (χ1v) is 7.07. The SMILES string of the molecule is CNCCCC(=O)N(C)Cc1ccc2ccccc2c1. The third-order valence-corrected chi connectivity index (χ3v) is 3.48. The highest BCUT2D eigenvalue weighted by molar-refractivity contribution is 5.83. The molecule has 0 aliphatic heterocycles. The van der Waals surface area contributed by atoms with E-state index in [4.69, 9.17) is 0 Å². The first kappa shape index (κ1) is 14.5. The van der Waals surface area contributed by atoms with Gasteiger partial charge in [0.15, 0.2) is 0 Å². The molecule has 0 bridgehead atoms. The van der Waals surface area contributed by atoms with Crippen molar-refractivity contribution >= 4 is 16.7 Å². The van der Waals surface area contributed by atoms with Gasteiger partial charge in [-0.15, -0.1) is 0 Å². The molecule has 0 saturated carbocycles. The van der Waals surface area contributed by atoms with Crippen molar-refractivity contribution in [3.8, 4) is 0 Å². The fraction of sp³-hybridized carbons (Fsp3) is 0.353. The monoisotopic (exact) mass is 270 g/mol. The van der Waals surface area contributed by atoms with Gasteiger partial charge >= 0.3 is 0 Å². The van der Waals surface area contributed by atoms with Crippen LogP contribution >= 0.6 is 0 Å². The molecule has 3 heteroatoms. The Morgan fingerprint density at radius 2 is 1.90 bits per heavy atom. The van der Waals surface area contributed by atoms with Crippen molar-refractivity contribution in [1.82, 2.24) is 10.2 Å². The van der Waals surface area contributed by atoms with Gasteiger partial charge in [0.2, 0.25) is 5.91 Å². The predicted octanol–water partition coefficient (Wildman–Crippen LogP) is 2.80. The summed E-state index contributed by atoms with van der Waals surface area (Å²) < 4.78 is 0. The van der Waals surface area contributed by atoms with Crippen molar-refractivity contribution in [1.29, 1.82) is 0 Å². The highest BCUT2D eigenvalue weighted by atomic mass is 16.2. The van der Waals surface area contributed by atoms with Crippen LogP contribution in [-0.2, 0) is 11.3 Å². The van der Waals surface area contributed by atoms with Gasteiger partial charge in [-0.1, -0.05) is 36.4 Å². The average Bonchev–Trinajstić information content (AvgIpc) is 2.47. The molecule has 2 aromatic rings. The molecule has 0 aliphatic rings. The minimum Gasteiger partial charge on any atom is -0.341 e. The molecule has 0 aliphatic carbocycles. The lowest BCUT2D eigenvalue weighted by Crippen LogP contribution is -2.26. The number of nitrogens with zero attached hydrogens (tertiary/aromatic N) is 1. The van der Waals surface area contributed by atoms with E-state index in [2.05, 4.69) is 35.6 Å². The van der Waals surface area contributed by atoms with Crippen LogP contribution in [0.1, 0.15) is 18.4 Å².